The van der Waals surface area contributed by atoms with Crippen molar-refractivity contribution in [1.29, 1.82) is 0 Å². The summed E-state index contributed by atoms with van der Waals surface area (Å²) in [5, 5.41) is 0.937. The molecule has 0 radical (unpaired) electrons. The van der Waals surface area contributed by atoms with Crippen molar-refractivity contribution >= 4 is 22.9 Å². The zero-order valence-corrected chi connectivity index (χ0v) is 18.4. The first-order valence-corrected chi connectivity index (χ1v) is 11.5. The fourth-order valence-corrected chi connectivity index (χ4v) is 4.81. The van der Waals surface area contributed by atoms with Crippen molar-refractivity contribution in [3.8, 4) is 5.75 Å². The normalized spacial score (nSPS) is 15.5. The van der Waals surface area contributed by atoms with Crippen LogP contribution in [0.3, 0.4) is 0 Å². The number of nitrogens with one attached hydrogen (secondary N) is 1. The van der Waals surface area contributed by atoms with Crippen LogP contribution in [0.1, 0.15) is 53.6 Å². The number of amides is 1. The van der Waals surface area contributed by atoms with Crippen LogP contribution < -0.4 is 10.5 Å². The summed E-state index contributed by atoms with van der Waals surface area (Å²) in [7, 11) is 0. The summed E-state index contributed by atoms with van der Waals surface area (Å²) in [6.07, 6.45) is 10.00. The SMILES string of the molecule is NC(=O)c1ccc(F)c2c1C=C(N(CCCCc1c[nH]c3ccc(F)cc13)C1CCC1)CO2. The smallest absolute Gasteiger partial charge is 0.249 e. The lowest BCUT2D eigenvalue weighted by molar-refractivity contribution is 0.0999. The van der Waals surface area contributed by atoms with Crippen LogP contribution in [0.4, 0.5) is 8.78 Å². The predicted octanol–water partition coefficient (Wildman–Crippen LogP) is 5.16. The number of aryl methyl sites for hydroxylation is 1. The first-order valence-electron chi connectivity index (χ1n) is 11.5. The minimum atomic E-state index is -0.599. The molecule has 3 aromatic rings. The van der Waals surface area contributed by atoms with Crippen molar-refractivity contribution < 1.29 is 18.3 Å². The molecule has 1 aromatic heterocycles. The summed E-state index contributed by atoms with van der Waals surface area (Å²) >= 11 is 0. The van der Waals surface area contributed by atoms with Gasteiger partial charge in [0.1, 0.15) is 12.4 Å². The van der Waals surface area contributed by atoms with Gasteiger partial charge in [-0.15, -0.1) is 0 Å². The zero-order valence-electron chi connectivity index (χ0n) is 18.4. The summed E-state index contributed by atoms with van der Waals surface area (Å²) in [4.78, 5) is 17.4. The van der Waals surface area contributed by atoms with Crippen molar-refractivity contribution in [2.45, 2.75) is 44.6 Å². The largest absolute Gasteiger partial charge is 0.484 e. The number of primary amides is 1. The number of aromatic nitrogens is 1. The number of hydrogen-bond acceptors (Lipinski definition) is 3. The van der Waals surface area contributed by atoms with E-state index in [1.54, 1.807) is 12.1 Å². The van der Waals surface area contributed by atoms with Gasteiger partial charge < -0.3 is 20.4 Å². The van der Waals surface area contributed by atoms with Crippen LogP contribution >= 0.6 is 0 Å². The lowest BCUT2D eigenvalue weighted by Gasteiger charge is -2.41. The second-order valence-corrected chi connectivity index (χ2v) is 8.87. The van der Waals surface area contributed by atoms with Crippen molar-refractivity contribution in [1.82, 2.24) is 9.88 Å². The Kier molecular flexibility index (Phi) is 5.79. The Morgan fingerprint density at radius 1 is 1.18 bits per heavy atom. The number of nitrogens with two attached hydrogens (primary N) is 1. The van der Waals surface area contributed by atoms with Gasteiger partial charge in [-0.3, -0.25) is 4.79 Å². The molecular weight excluding hydrogens is 424 g/mol. The van der Waals surface area contributed by atoms with E-state index >= 15 is 0 Å². The number of fused-ring (bicyclic) bond motifs is 2. The van der Waals surface area contributed by atoms with Gasteiger partial charge in [0.05, 0.1) is 11.3 Å². The number of nitrogens with zero attached hydrogens (tertiary/aromatic N) is 1. The molecule has 1 fully saturated rings. The van der Waals surface area contributed by atoms with E-state index in [1.807, 2.05) is 12.3 Å². The molecule has 1 saturated carbocycles. The Morgan fingerprint density at radius 3 is 2.79 bits per heavy atom. The van der Waals surface area contributed by atoms with E-state index in [4.69, 9.17) is 10.5 Å². The minimum absolute atomic E-state index is 0.0928. The number of carbonyl (C=O) groups is 1. The molecule has 0 atom stereocenters. The molecule has 2 heterocycles. The third-order valence-electron chi connectivity index (χ3n) is 6.80. The van der Waals surface area contributed by atoms with Crippen LogP contribution in [0, 0.1) is 11.6 Å². The van der Waals surface area contributed by atoms with Gasteiger partial charge in [-0.25, -0.2) is 8.78 Å². The van der Waals surface area contributed by atoms with Crippen LogP contribution in [0.15, 0.2) is 42.2 Å². The summed E-state index contributed by atoms with van der Waals surface area (Å²) in [6.45, 7) is 1.11. The molecule has 0 unspecified atom stereocenters. The first-order chi connectivity index (χ1) is 16.0. The summed E-state index contributed by atoms with van der Waals surface area (Å²) in [6, 6.07) is 7.87. The minimum Gasteiger partial charge on any atom is -0.484 e. The number of H-pyrrole nitrogens is 1. The number of carbonyl (C=O) groups excluding carboxylic acids is 1. The van der Waals surface area contributed by atoms with E-state index in [1.165, 1.54) is 24.6 Å². The number of hydrogen-bond donors (Lipinski definition) is 2. The quantitative estimate of drug-likeness (QED) is 0.465. The van der Waals surface area contributed by atoms with Crippen LogP contribution in [0.5, 0.6) is 5.75 Å². The predicted molar refractivity (Wildman–Crippen MR) is 124 cm³/mol. The van der Waals surface area contributed by atoms with Gasteiger partial charge in [0.25, 0.3) is 0 Å². The fourth-order valence-electron chi connectivity index (χ4n) is 4.81. The Labute approximate surface area is 191 Å². The molecule has 1 aliphatic carbocycles. The molecule has 2 aliphatic rings. The van der Waals surface area contributed by atoms with Gasteiger partial charge in [-0.05, 0) is 80.5 Å². The van der Waals surface area contributed by atoms with Crippen LogP contribution in [0.25, 0.3) is 17.0 Å². The Balaban J connectivity index is 1.31. The maximum Gasteiger partial charge on any atom is 0.249 e. The average molecular weight is 452 g/mol. The van der Waals surface area contributed by atoms with E-state index in [0.717, 1.165) is 60.8 Å². The van der Waals surface area contributed by atoms with Gasteiger partial charge in [-0.2, -0.15) is 0 Å². The third-order valence-corrected chi connectivity index (χ3v) is 6.80. The van der Waals surface area contributed by atoms with E-state index in [2.05, 4.69) is 9.88 Å². The van der Waals surface area contributed by atoms with E-state index < -0.39 is 11.7 Å². The monoisotopic (exact) mass is 451 g/mol. The van der Waals surface area contributed by atoms with Crippen LogP contribution in [-0.2, 0) is 6.42 Å². The molecule has 1 amide bonds. The highest BCUT2D eigenvalue weighted by Crippen LogP contribution is 2.36. The average Bonchev–Trinajstić information content (AvgIpc) is 3.16. The number of aromatic amines is 1. The molecule has 33 heavy (non-hydrogen) atoms. The lowest BCUT2D eigenvalue weighted by Crippen LogP contribution is -2.42. The molecule has 0 bridgehead atoms. The highest BCUT2D eigenvalue weighted by atomic mass is 19.1. The summed E-state index contributed by atoms with van der Waals surface area (Å²) < 4.78 is 33.6. The Bertz CT molecular complexity index is 1230. The highest BCUT2D eigenvalue weighted by molar-refractivity contribution is 5.98. The maximum absolute atomic E-state index is 14.3. The number of rotatable bonds is 8. The molecule has 172 valence electrons. The number of halogens is 2. The maximum atomic E-state index is 14.3. The summed E-state index contributed by atoms with van der Waals surface area (Å²) in [5.41, 5.74) is 9.23. The molecule has 0 saturated heterocycles. The fraction of sp³-hybridized carbons (Fsp3) is 0.346. The second-order valence-electron chi connectivity index (χ2n) is 8.87. The lowest BCUT2D eigenvalue weighted by atomic mass is 9.90. The molecule has 2 aromatic carbocycles. The molecular formula is C26H27F2N3O2. The van der Waals surface area contributed by atoms with Gasteiger partial charge in [0.15, 0.2) is 11.6 Å². The van der Waals surface area contributed by atoms with Crippen LogP contribution in [0.2, 0.25) is 0 Å². The molecule has 3 N–H and O–H groups in total. The zero-order chi connectivity index (χ0) is 22.9. The van der Waals surface area contributed by atoms with Gasteiger partial charge >= 0.3 is 0 Å². The van der Waals surface area contributed by atoms with Gasteiger partial charge in [0, 0.05) is 35.2 Å². The topological polar surface area (TPSA) is 71.4 Å². The number of unbranched alkanes of at least 4 members (excludes halogenated alkanes) is 1. The standard InChI is InChI=1S/C26H27F2N3O2/c27-17-7-10-24-21(12-17)16(14-30-24)4-1-2-11-31(18-5-3-6-18)19-13-22-20(26(29)32)8-9-23(28)25(22)33-15-19/h7-10,12-14,18,30H,1-6,11,15H2,(H2,29,32). The molecule has 0 spiro atoms. The highest BCUT2D eigenvalue weighted by Gasteiger charge is 2.30. The van der Waals surface area contributed by atoms with Gasteiger partial charge in [0.2, 0.25) is 5.91 Å². The molecule has 7 heteroatoms. The van der Waals surface area contributed by atoms with Crippen molar-refractivity contribution in [3.05, 3.63) is 70.6 Å². The van der Waals surface area contributed by atoms with Crippen LogP contribution in [-0.4, -0.2) is 35.0 Å². The Hall–Kier alpha value is -3.35. The number of ether oxygens (including phenoxy) is 1. The second kappa shape index (κ2) is 8.89. The first kappa shape index (κ1) is 21.5. The molecule has 5 nitrogen and oxygen atoms in total. The van der Waals surface area contributed by atoms with E-state index in [-0.39, 0.29) is 23.7 Å². The summed E-state index contributed by atoms with van der Waals surface area (Å²) in [5.74, 6) is -1.22. The van der Waals surface area contributed by atoms with E-state index in [0.29, 0.717) is 11.6 Å². The van der Waals surface area contributed by atoms with Crippen molar-refractivity contribution in [3.63, 3.8) is 0 Å². The van der Waals surface area contributed by atoms with Crippen molar-refractivity contribution in [2.24, 2.45) is 5.73 Å². The molecule has 1 aliphatic heterocycles. The molecule has 5 rings (SSSR count). The van der Waals surface area contributed by atoms with Gasteiger partial charge in [-0.1, -0.05) is 0 Å². The third kappa shape index (κ3) is 4.19. The van der Waals surface area contributed by atoms with E-state index in [9.17, 15) is 13.6 Å². The Morgan fingerprint density at radius 2 is 2.03 bits per heavy atom. The van der Waals surface area contributed by atoms with Crippen molar-refractivity contribution in [2.75, 3.05) is 13.2 Å². The number of benzene rings is 2.